The molecule has 0 radical (unpaired) electrons. The Bertz CT molecular complexity index is 319. The summed E-state index contributed by atoms with van der Waals surface area (Å²) in [6, 6.07) is 0. The number of rotatable bonds is 4. The first-order valence-corrected chi connectivity index (χ1v) is 5.09. The molecule has 0 aromatic carbocycles. The number of hydrogen-bond donors (Lipinski definition) is 1. The van der Waals surface area contributed by atoms with Gasteiger partial charge in [-0.3, -0.25) is 4.79 Å². The molecule has 0 heterocycles. The Kier molecular flexibility index (Phi) is 4.54. The molecule has 0 atom stereocenters. The molecule has 1 N–H and O–H groups in total. The van der Waals surface area contributed by atoms with Gasteiger partial charge < -0.3 is 0 Å². The predicted molar refractivity (Wildman–Crippen MR) is 62.5 cm³/mol. The van der Waals surface area contributed by atoms with E-state index in [0.29, 0.717) is 5.57 Å². The van der Waals surface area contributed by atoms with Gasteiger partial charge in [-0.25, -0.2) is 5.43 Å². The van der Waals surface area contributed by atoms with Crippen molar-refractivity contribution < 1.29 is 4.79 Å². The summed E-state index contributed by atoms with van der Waals surface area (Å²) in [4.78, 5) is 11.5. The minimum absolute atomic E-state index is 0.232. The van der Waals surface area contributed by atoms with Crippen LogP contribution in [0.1, 0.15) is 25.7 Å². The van der Waals surface area contributed by atoms with E-state index >= 15 is 0 Å². The molecule has 0 aromatic heterocycles. The number of carbonyl (C=O) groups excluding carboxylic acids is 1. The van der Waals surface area contributed by atoms with Crippen LogP contribution in [-0.2, 0) is 4.79 Å². The third-order valence-electron chi connectivity index (χ3n) is 2.28. The number of amides is 1. The van der Waals surface area contributed by atoms with Gasteiger partial charge in [0.15, 0.2) is 0 Å². The topological polar surface area (TPSA) is 41.5 Å². The molecular formula is C12H16N2O. The zero-order chi connectivity index (χ0) is 11.1. The first-order chi connectivity index (χ1) is 7.27. The van der Waals surface area contributed by atoms with E-state index in [1.165, 1.54) is 18.9 Å². The minimum Gasteiger partial charge on any atom is -0.267 e. The zero-order valence-electron chi connectivity index (χ0n) is 8.83. The Balaban J connectivity index is 2.54. The van der Waals surface area contributed by atoms with Crippen LogP contribution in [0.3, 0.4) is 0 Å². The summed E-state index contributed by atoms with van der Waals surface area (Å²) in [7, 11) is 0. The molecule has 3 heteroatoms. The van der Waals surface area contributed by atoms with E-state index in [1.807, 2.05) is 0 Å². The minimum atomic E-state index is -0.232. The SMILES string of the molecule is C=C/C=C(\C=C)C(=O)NN=C1CCCC1. The number of carbonyl (C=O) groups is 1. The molecule has 0 saturated heterocycles. The van der Waals surface area contributed by atoms with Gasteiger partial charge in [-0.1, -0.05) is 31.4 Å². The largest absolute Gasteiger partial charge is 0.271 e. The van der Waals surface area contributed by atoms with E-state index in [-0.39, 0.29) is 5.91 Å². The lowest BCUT2D eigenvalue weighted by molar-refractivity contribution is -0.117. The summed E-state index contributed by atoms with van der Waals surface area (Å²) in [5, 5.41) is 4.07. The van der Waals surface area contributed by atoms with E-state index in [2.05, 4.69) is 23.7 Å². The van der Waals surface area contributed by atoms with Gasteiger partial charge in [-0.05, 0) is 25.7 Å². The second kappa shape index (κ2) is 5.96. The Labute approximate surface area is 90.3 Å². The number of hydrogen-bond acceptors (Lipinski definition) is 2. The third kappa shape index (κ3) is 3.54. The molecule has 0 unspecified atom stereocenters. The summed E-state index contributed by atoms with van der Waals surface area (Å²) in [6.07, 6.45) is 8.99. The van der Waals surface area contributed by atoms with Gasteiger partial charge in [0.25, 0.3) is 5.91 Å². The lowest BCUT2D eigenvalue weighted by Gasteiger charge is -2.00. The first kappa shape index (κ1) is 11.4. The fraction of sp³-hybridized carbons (Fsp3) is 0.333. The first-order valence-electron chi connectivity index (χ1n) is 5.09. The molecule has 15 heavy (non-hydrogen) atoms. The van der Waals surface area contributed by atoms with E-state index in [1.54, 1.807) is 12.2 Å². The van der Waals surface area contributed by atoms with Crippen LogP contribution in [0.2, 0.25) is 0 Å². The van der Waals surface area contributed by atoms with Crippen LogP contribution >= 0.6 is 0 Å². The molecule has 1 rings (SSSR count). The van der Waals surface area contributed by atoms with Crippen molar-refractivity contribution in [2.75, 3.05) is 0 Å². The van der Waals surface area contributed by atoms with E-state index in [4.69, 9.17) is 0 Å². The van der Waals surface area contributed by atoms with Gasteiger partial charge in [-0.15, -0.1) is 0 Å². The van der Waals surface area contributed by atoms with E-state index < -0.39 is 0 Å². The monoisotopic (exact) mass is 204 g/mol. The Morgan fingerprint density at radius 1 is 1.33 bits per heavy atom. The highest BCUT2D eigenvalue weighted by Gasteiger charge is 2.09. The average Bonchev–Trinajstić information content (AvgIpc) is 2.75. The smallest absolute Gasteiger partial charge is 0.267 e. The summed E-state index contributed by atoms with van der Waals surface area (Å²) in [6.45, 7) is 7.08. The molecule has 1 fully saturated rings. The van der Waals surface area contributed by atoms with E-state index in [0.717, 1.165) is 18.6 Å². The fourth-order valence-corrected chi connectivity index (χ4v) is 1.45. The van der Waals surface area contributed by atoms with Gasteiger partial charge in [-0.2, -0.15) is 5.10 Å². The molecule has 0 aromatic rings. The maximum absolute atomic E-state index is 11.5. The van der Waals surface area contributed by atoms with Crippen molar-refractivity contribution in [2.45, 2.75) is 25.7 Å². The predicted octanol–water partition coefficient (Wildman–Crippen LogP) is 2.33. The summed E-state index contributed by atoms with van der Waals surface area (Å²) in [5.74, 6) is -0.232. The van der Waals surface area contributed by atoms with Crippen LogP contribution in [0.15, 0.2) is 42.1 Å². The van der Waals surface area contributed by atoms with Crippen molar-refractivity contribution in [2.24, 2.45) is 5.10 Å². The summed E-state index contributed by atoms with van der Waals surface area (Å²) in [5.41, 5.74) is 4.08. The number of nitrogens with one attached hydrogen (secondary N) is 1. The van der Waals surface area contributed by atoms with Crippen molar-refractivity contribution in [3.63, 3.8) is 0 Å². The van der Waals surface area contributed by atoms with Gasteiger partial charge in [0.1, 0.15) is 0 Å². The third-order valence-corrected chi connectivity index (χ3v) is 2.28. The van der Waals surface area contributed by atoms with Crippen molar-refractivity contribution >= 4 is 11.6 Å². The number of hydrazone groups is 1. The molecule has 1 aliphatic rings. The van der Waals surface area contributed by atoms with E-state index in [9.17, 15) is 4.79 Å². The molecule has 1 amide bonds. The molecular weight excluding hydrogens is 188 g/mol. The van der Waals surface area contributed by atoms with Crippen molar-refractivity contribution in [1.82, 2.24) is 5.43 Å². The second-order valence-corrected chi connectivity index (χ2v) is 3.39. The quantitative estimate of drug-likeness (QED) is 0.426. The van der Waals surface area contributed by atoms with Crippen LogP contribution in [-0.4, -0.2) is 11.6 Å². The maximum atomic E-state index is 11.5. The molecule has 0 spiro atoms. The van der Waals surface area contributed by atoms with Crippen molar-refractivity contribution in [3.05, 3.63) is 37.0 Å². The average molecular weight is 204 g/mol. The lowest BCUT2D eigenvalue weighted by atomic mass is 10.2. The van der Waals surface area contributed by atoms with Crippen molar-refractivity contribution in [1.29, 1.82) is 0 Å². The summed E-state index contributed by atoms with van der Waals surface area (Å²) >= 11 is 0. The van der Waals surface area contributed by atoms with Gasteiger partial charge in [0.2, 0.25) is 0 Å². The zero-order valence-corrected chi connectivity index (χ0v) is 8.83. The normalized spacial score (nSPS) is 16.0. The second-order valence-electron chi connectivity index (χ2n) is 3.39. The Hall–Kier alpha value is -1.64. The molecule has 80 valence electrons. The molecule has 1 aliphatic carbocycles. The Morgan fingerprint density at radius 2 is 2.00 bits per heavy atom. The van der Waals surface area contributed by atoms with Gasteiger partial charge in [0.05, 0.1) is 0 Å². The van der Waals surface area contributed by atoms with Crippen LogP contribution in [0.5, 0.6) is 0 Å². The van der Waals surface area contributed by atoms with Gasteiger partial charge >= 0.3 is 0 Å². The molecule has 0 aliphatic heterocycles. The highest BCUT2D eigenvalue weighted by atomic mass is 16.2. The van der Waals surface area contributed by atoms with Crippen LogP contribution < -0.4 is 5.43 Å². The molecule has 0 bridgehead atoms. The maximum Gasteiger partial charge on any atom is 0.271 e. The highest BCUT2D eigenvalue weighted by Crippen LogP contribution is 2.13. The van der Waals surface area contributed by atoms with Crippen LogP contribution in [0.25, 0.3) is 0 Å². The molecule has 3 nitrogen and oxygen atoms in total. The standard InChI is InChI=1S/C12H16N2O/c1-3-7-10(4-2)12(15)14-13-11-8-5-6-9-11/h3-4,7H,1-2,5-6,8-9H2,(H,14,15)/b10-7+. The number of nitrogens with zero attached hydrogens (tertiary/aromatic N) is 1. The van der Waals surface area contributed by atoms with Gasteiger partial charge in [0, 0.05) is 11.3 Å². The number of allylic oxidation sites excluding steroid dienone is 2. The Morgan fingerprint density at radius 3 is 2.53 bits per heavy atom. The van der Waals surface area contributed by atoms with Crippen LogP contribution in [0.4, 0.5) is 0 Å². The summed E-state index contributed by atoms with van der Waals surface area (Å²) < 4.78 is 0. The van der Waals surface area contributed by atoms with Crippen molar-refractivity contribution in [3.8, 4) is 0 Å². The highest BCUT2D eigenvalue weighted by molar-refractivity contribution is 5.97. The lowest BCUT2D eigenvalue weighted by Crippen LogP contribution is -2.20. The van der Waals surface area contributed by atoms with Crippen LogP contribution in [0, 0.1) is 0 Å². The fourth-order valence-electron chi connectivity index (χ4n) is 1.45. The molecule has 1 saturated carbocycles.